The number of methoxy groups -OCH3 is 2. The van der Waals surface area contributed by atoms with Crippen molar-refractivity contribution in [1.29, 1.82) is 0 Å². The maximum atomic E-state index is 11.4. The second-order valence-corrected chi connectivity index (χ2v) is 4.58. The fourth-order valence-corrected chi connectivity index (χ4v) is 1.90. The SMILES string of the molecule is C=C/C(=C\C/C=C\OC)NCc1ccccc1CC(=O)OC. The van der Waals surface area contributed by atoms with Crippen LogP contribution in [0.15, 0.2) is 61.0 Å². The summed E-state index contributed by atoms with van der Waals surface area (Å²) in [5, 5.41) is 3.31. The van der Waals surface area contributed by atoms with Gasteiger partial charge in [0.25, 0.3) is 0 Å². The van der Waals surface area contributed by atoms with E-state index >= 15 is 0 Å². The Hall–Kier alpha value is -2.49. The van der Waals surface area contributed by atoms with Crippen molar-refractivity contribution in [2.24, 2.45) is 0 Å². The summed E-state index contributed by atoms with van der Waals surface area (Å²) in [5.41, 5.74) is 2.96. The Labute approximate surface area is 132 Å². The first-order valence-electron chi connectivity index (χ1n) is 7.09. The molecule has 118 valence electrons. The molecule has 1 aromatic rings. The van der Waals surface area contributed by atoms with Crippen LogP contribution in [0.4, 0.5) is 0 Å². The van der Waals surface area contributed by atoms with Crippen molar-refractivity contribution in [2.45, 2.75) is 19.4 Å². The van der Waals surface area contributed by atoms with Crippen LogP contribution in [0.25, 0.3) is 0 Å². The highest BCUT2D eigenvalue weighted by Crippen LogP contribution is 2.11. The van der Waals surface area contributed by atoms with Gasteiger partial charge in [0, 0.05) is 12.2 Å². The summed E-state index contributed by atoms with van der Waals surface area (Å²) in [7, 11) is 3.01. The van der Waals surface area contributed by atoms with Crippen LogP contribution in [0.5, 0.6) is 0 Å². The molecule has 1 rings (SSSR count). The smallest absolute Gasteiger partial charge is 0.309 e. The van der Waals surface area contributed by atoms with E-state index in [9.17, 15) is 4.79 Å². The van der Waals surface area contributed by atoms with Gasteiger partial charge >= 0.3 is 5.97 Å². The molecule has 1 N–H and O–H groups in total. The highest BCUT2D eigenvalue weighted by molar-refractivity contribution is 5.72. The van der Waals surface area contributed by atoms with E-state index in [-0.39, 0.29) is 12.4 Å². The second-order valence-electron chi connectivity index (χ2n) is 4.58. The normalized spacial score (nSPS) is 11.3. The van der Waals surface area contributed by atoms with E-state index in [2.05, 4.69) is 11.9 Å². The molecule has 0 aliphatic rings. The minimum absolute atomic E-state index is 0.239. The summed E-state index contributed by atoms with van der Waals surface area (Å²) < 4.78 is 9.58. The summed E-state index contributed by atoms with van der Waals surface area (Å²) in [5.74, 6) is -0.239. The van der Waals surface area contributed by atoms with Crippen molar-refractivity contribution < 1.29 is 14.3 Å². The van der Waals surface area contributed by atoms with Crippen LogP contribution < -0.4 is 5.32 Å². The largest absolute Gasteiger partial charge is 0.505 e. The summed E-state index contributed by atoms with van der Waals surface area (Å²) in [4.78, 5) is 11.4. The van der Waals surface area contributed by atoms with Crippen molar-refractivity contribution in [1.82, 2.24) is 5.32 Å². The molecule has 4 heteroatoms. The number of hydrogen-bond donors (Lipinski definition) is 1. The number of rotatable bonds is 9. The van der Waals surface area contributed by atoms with Crippen LogP contribution in [0, 0.1) is 0 Å². The third kappa shape index (κ3) is 6.31. The summed E-state index contributed by atoms with van der Waals surface area (Å²) >= 11 is 0. The molecule has 0 unspecified atom stereocenters. The standard InChI is InChI=1S/C18H23NO3/c1-4-17(11-7-8-12-21-2)19-14-16-10-6-5-9-15(16)13-18(20)22-3/h4-6,8-12,19H,1,7,13-14H2,2-3H3/b12-8-,17-11+. The summed E-state index contributed by atoms with van der Waals surface area (Å²) in [6.07, 6.45) is 8.37. The van der Waals surface area contributed by atoms with Gasteiger partial charge in [0.15, 0.2) is 0 Å². The van der Waals surface area contributed by atoms with Gasteiger partial charge in [-0.3, -0.25) is 4.79 Å². The molecule has 0 aromatic heterocycles. The van der Waals surface area contributed by atoms with Crippen molar-refractivity contribution in [2.75, 3.05) is 14.2 Å². The fourth-order valence-electron chi connectivity index (χ4n) is 1.90. The van der Waals surface area contributed by atoms with E-state index in [1.807, 2.05) is 36.4 Å². The Balaban J connectivity index is 2.67. The van der Waals surface area contributed by atoms with E-state index in [1.54, 1.807) is 19.4 Å². The van der Waals surface area contributed by atoms with Crippen LogP contribution in [0.1, 0.15) is 17.5 Å². The first kappa shape index (κ1) is 17.6. The fraction of sp³-hybridized carbons (Fsp3) is 0.278. The Bertz CT molecular complexity index is 547. The van der Waals surface area contributed by atoms with E-state index in [1.165, 1.54) is 7.11 Å². The average molecular weight is 301 g/mol. The molecule has 0 atom stereocenters. The zero-order chi connectivity index (χ0) is 16.2. The third-order valence-electron chi connectivity index (χ3n) is 3.09. The van der Waals surface area contributed by atoms with Crippen LogP contribution in [-0.4, -0.2) is 20.2 Å². The molecule has 0 aliphatic heterocycles. The Morgan fingerprint density at radius 1 is 1.27 bits per heavy atom. The number of allylic oxidation sites excluding steroid dienone is 3. The molecule has 0 spiro atoms. The lowest BCUT2D eigenvalue weighted by atomic mass is 10.0. The number of ether oxygens (including phenoxy) is 2. The van der Waals surface area contributed by atoms with Gasteiger partial charge in [-0.25, -0.2) is 0 Å². The van der Waals surface area contributed by atoms with Gasteiger partial charge in [-0.2, -0.15) is 0 Å². The van der Waals surface area contributed by atoms with Crippen LogP contribution >= 0.6 is 0 Å². The molecule has 0 bridgehead atoms. The van der Waals surface area contributed by atoms with Crippen molar-refractivity contribution >= 4 is 5.97 Å². The minimum atomic E-state index is -0.239. The number of nitrogens with one attached hydrogen (secondary N) is 1. The molecule has 0 saturated carbocycles. The zero-order valence-corrected chi connectivity index (χ0v) is 13.2. The van der Waals surface area contributed by atoms with Gasteiger partial charge in [0.05, 0.1) is 26.9 Å². The molecule has 0 heterocycles. The van der Waals surface area contributed by atoms with Crippen LogP contribution in [0.2, 0.25) is 0 Å². The van der Waals surface area contributed by atoms with Gasteiger partial charge in [0.1, 0.15) is 0 Å². The highest BCUT2D eigenvalue weighted by atomic mass is 16.5. The zero-order valence-electron chi connectivity index (χ0n) is 13.2. The highest BCUT2D eigenvalue weighted by Gasteiger charge is 2.07. The molecule has 0 amide bonds. The Kier molecular flexibility index (Phi) is 8.20. The summed E-state index contributed by atoms with van der Waals surface area (Å²) in [6.45, 7) is 4.42. The number of hydrogen-bond acceptors (Lipinski definition) is 4. The lowest BCUT2D eigenvalue weighted by Gasteiger charge is -2.11. The number of esters is 1. The minimum Gasteiger partial charge on any atom is -0.505 e. The predicted molar refractivity (Wildman–Crippen MR) is 88.0 cm³/mol. The van der Waals surface area contributed by atoms with Crippen molar-refractivity contribution in [3.05, 3.63) is 72.2 Å². The van der Waals surface area contributed by atoms with Crippen LogP contribution in [0.3, 0.4) is 0 Å². The monoisotopic (exact) mass is 301 g/mol. The molecular weight excluding hydrogens is 278 g/mol. The Morgan fingerprint density at radius 3 is 2.64 bits per heavy atom. The number of carbonyl (C=O) groups is 1. The predicted octanol–water partition coefficient (Wildman–Crippen LogP) is 3.11. The van der Waals surface area contributed by atoms with Gasteiger partial charge in [-0.15, -0.1) is 0 Å². The molecule has 1 aromatic carbocycles. The maximum Gasteiger partial charge on any atom is 0.309 e. The quantitative estimate of drug-likeness (QED) is 0.432. The maximum absolute atomic E-state index is 11.4. The molecule has 0 radical (unpaired) electrons. The van der Waals surface area contributed by atoms with E-state index in [0.717, 1.165) is 23.2 Å². The Morgan fingerprint density at radius 2 is 2.00 bits per heavy atom. The topological polar surface area (TPSA) is 47.6 Å². The number of benzene rings is 1. The molecular formula is C18H23NO3. The van der Waals surface area contributed by atoms with E-state index in [0.29, 0.717) is 6.54 Å². The van der Waals surface area contributed by atoms with Gasteiger partial charge < -0.3 is 14.8 Å². The molecule has 0 aliphatic carbocycles. The van der Waals surface area contributed by atoms with Gasteiger partial charge in [-0.1, -0.05) is 36.9 Å². The third-order valence-corrected chi connectivity index (χ3v) is 3.09. The molecule has 0 saturated heterocycles. The summed E-state index contributed by atoms with van der Waals surface area (Å²) in [6, 6.07) is 7.81. The first-order valence-corrected chi connectivity index (χ1v) is 7.09. The van der Waals surface area contributed by atoms with Crippen molar-refractivity contribution in [3.8, 4) is 0 Å². The average Bonchev–Trinajstić information content (AvgIpc) is 2.55. The van der Waals surface area contributed by atoms with Gasteiger partial charge in [0.2, 0.25) is 0 Å². The second kappa shape index (κ2) is 10.3. The number of carbonyl (C=O) groups excluding carboxylic acids is 1. The molecule has 0 fully saturated rings. The molecule has 4 nitrogen and oxygen atoms in total. The first-order chi connectivity index (χ1) is 10.7. The lowest BCUT2D eigenvalue weighted by Crippen LogP contribution is -2.14. The van der Waals surface area contributed by atoms with Crippen LogP contribution in [-0.2, 0) is 27.2 Å². The lowest BCUT2D eigenvalue weighted by molar-refractivity contribution is -0.139. The van der Waals surface area contributed by atoms with Crippen molar-refractivity contribution in [3.63, 3.8) is 0 Å². The van der Waals surface area contributed by atoms with Gasteiger partial charge in [-0.05, 0) is 29.7 Å². The molecule has 22 heavy (non-hydrogen) atoms. The van der Waals surface area contributed by atoms with E-state index in [4.69, 9.17) is 9.47 Å². The van der Waals surface area contributed by atoms with E-state index < -0.39 is 0 Å².